The van der Waals surface area contributed by atoms with Crippen LogP contribution in [0.25, 0.3) is 5.57 Å². The van der Waals surface area contributed by atoms with E-state index in [1.165, 1.54) is 40.5 Å². The second kappa shape index (κ2) is 15.2. The molecule has 0 aromatic heterocycles. The molecule has 1 atom stereocenters. The van der Waals surface area contributed by atoms with Crippen LogP contribution in [0.1, 0.15) is 51.7 Å². The number of hydrogen-bond donors (Lipinski definition) is 1. The molecule has 1 aromatic carbocycles. The van der Waals surface area contributed by atoms with Crippen LogP contribution in [0, 0.1) is 19.8 Å². The van der Waals surface area contributed by atoms with Gasteiger partial charge in [-0.1, -0.05) is 66.3 Å². The number of nitrogens with one attached hydrogen (secondary N) is 1. The van der Waals surface area contributed by atoms with Gasteiger partial charge in [0.25, 0.3) is 0 Å². The van der Waals surface area contributed by atoms with Gasteiger partial charge in [-0.25, -0.2) is 0 Å². The Labute approximate surface area is 177 Å². The number of allylic oxidation sites excluding steroid dienone is 8. The molecule has 1 aromatic rings. The molecule has 1 heterocycles. The lowest BCUT2D eigenvalue weighted by Crippen LogP contribution is -2.22. The van der Waals surface area contributed by atoms with Gasteiger partial charge in [0.2, 0.25) is 0 Å². The molecule has 1 unspecified atom stereocenters. The molecule has 1 N–H and O–H groups in total. The maximum absolute atomic E-state index is 10.3. The van der Waals surface area contributed by atoms with Crippen LogP contribution in [0.3, 0.4) is 0 Å². The topological polar surface area (TPSA) is 12.0 Å². The molecule has 1 aliphatic heterocycles. The van der Waals surface area contributed by atoms with Crippen molar-refractivity contribution in [3.63, 3.8) is 0 Å². The summed E-state index contributed by atoms with van der Waals surface area (Å²) in [5, 5.41) is 3.46. The summed E-state index contributed by atoms with van der Waals surface area (Å²) in [5.41, 5.74) is 7.75. The van der Waals surface area contributed by atoms with Gasteiger partial charge in [-0.2, -0.15) is 0 Å². The number of terminal acetylenes is 1. The van der Waals surface area contributed by atoms with Crippen LogP contribution in [0.5, 0.6) is 0 Å². The van der Waals surface area contributed by atoms with Gasteiger partial charge in [0.15, 0.2) is 0 Å². The minimum Gasteiger partial charge on any atom is -0.386 e. The number of aryl methyl sites for hydroxylation is 1. The highest BCUT2D eigenvalue weighted by atomic mass is 19.1. The van der Waals surface area contributed by atoms with Crippen molar-refractivity contribution in [1.82, 2.24) is 5.32 Å². The van der Waals surface area contributed by atoms with E-state index in [4.69, 9.17) is 0 Å². The molecule has 0 amide bonds. The van der Waals surface area contributed by atoms with Crippen LogP contribution in [0.15, 0.2) is 78.1 Å². The van der Waals surface area contributed by atoms with Gasteiger partial charge in [-0.05, 0) is 70.2 Å². The Bertz CT molecular complexity index is 757. The molecule has 2 heteroatoms. The summed E-state index contributed by atoms with van der Waals surface area (Å²) in [6.45, 7) is 13.5. The lowest BCUT2D eigenvalue weighted by molar-refractivity contribution is 0.527. The molecule has 1 aliphatic carbocycles. The van der Waals surface area contributed by atoms with Crippen LogP contribution >= 0.6 is 0 Å². The summed E-state index contributed by atoms with van der Waals surface area (Å²) in [5.74, 6) is 0. The Hall–Kier alpha value is -2.79. The smallest absolute Gasteiger partial charge is 0.0866 e. The normalized spacial score (nSPS) is 16.6. The Morgan fingerprint density at radius 3 is 2.24 bits per heavy atom. The Morgan fingerprint density at radius 2 is 1.79 bits per heavy atom. The molecule has 156 valence electrons. The molecule has 3 rings (SSSR count). The molecule has 0 bridgehead atoms. The minimum absolute atomic E-state index is 0.250. The van der Waals surface area contributed by atoms with Crippen LogP contribution in [-0.4, -0.2) is 12.7 Å². The monoisotopic (exact) mass is 393 g/mol. The van der Waals surface area contributed by atoms with Crippen molar-refractivity contribution < 1.29 is 4.39 Å². The minimum atomic E-state index is -0.250. The predicted molar refractivity (Wildman–Crippen MR) is 128 cm³/mol. The second-order valence-electron chi connectivity index (χ2n) is 7.01. The van der Waals surface area contributed by atoms with Crippen LogP contribution in [0.2, 0.25) is 0 Å². The fourth-order valence-electron chi connectivity index (χ4n) is 2.80. The zero-order valence-electron chi connectivity index (χ0n) is 18.6. The third kappa shape index (κ3) is 11.0. The van der Waals surface area contributed by atoms with E-state index in [1.54, 1.807) is 0 Å². The lowest BCUT2D eigenvalue weighted by atomic mass is 10.0. The standard InChI is InChI=1S/C15H19N.C8H10.C2H5F.C2H2/c1-11-4-7-14(8-5-11)15-9-6-12(2)16-13(3)10-15;1-7(2)8-5-3-4-6-8;1-2-3;1-2/h4-5,7-10,12,16H,6H2,1-3H3;3-5H,1,6H2,2H3;2H2,1H3;1-2H. The van der Waals surface area contributed by atoms with E-state index in [2.05, 4.69) is 100 Å². The largest absolute Gasteiger partial charge is 0.386 e. The number of alkyl halides is 1. The third-order valence-corrected chi connectivity index (χ3v) is 4.24. The average Bonchev–Trinajstić information content (AvgIpc) is 3.18. The zero-order chi connectivity index (χ0) is 22.2. The van der Waals surface area contributed by atoms with E-state index in [0.717, 1.165) is 12.8 Å². The molecule has 29 heavy (non-hydrogen) atoms. The van der Waals surface area contributed by atoms with Crippen molar-refractivity contribution in [2.24, 2.45) is 0 Å². The lowest BCUT2D eigenvalue weighted by Gasteiger charge is -2.10. The molecular weight excluding hydrogens is 357 g/mol. The highest BCUT2D eigenvalue weighted by Crippen LogP contribution is 2.21. The SMILES string of the molecule is C#C.C=C(C)C1=CC=CC1.CC1=CC(c2ccc(C)cc2)=CCC(C)N1.CCF. The quantitative estimate of drug-likeness (QED) is 0.518. The zero-order valence-corrected chi connectivity index (χ0v) is 18.6. The predicted octanol–water partition coefficient (Wildman–Crippen LogP) is 7.34. The van der Waals surface area contributed by atoms with E-state index >= 15 is 0 Å². The van der Waals surface area contributed by atoms with E-state index in [1.807, 2.05) is 6.92 Å². The maximum atomic E-state index is 10.3. The molecular formula is C27H36FN. The van der Waals surface area contributed by atoms with Crippen molar-refractivity contribution in [3.05, 3.63) is 89.2 Å². The number of halogens is 1. The summed E-state index contributed by atoms with van der Waals surface area (Å²) in [6, 6.07) is 9.25. The van der Waals surface area contributed by atoms with Gasteiger partial charge in [0.1, 0.15) is 0 Å². The van der Waals surface area contributed by atoms with Crippen LogP contribution in [0.4, 0.5) is 4.39 Å². The van der Waals surface area contributed by atoms with Crippen molar-refractivity contribution in [2.45, 2.75) is 53.5 Å². The van der Waals surface area contributed by atoms with E-state index < -0.39 is 0 Å². The van der Waals surface area contributed by atoms with Crippen molar-refractivity contribution in [1.29, 1.82) is 0 Å². The first-order valence-electron chi connectivity index (χ1n) is 10.00. The fraction of sp³-hybridized carbons (Fsp3) is 0.333. The average molecular weight is 394 g/mol. The van der Waals surface area contributed by atoms with Gasteiger partial charge >= 0.3 is 0 Å². The first-order chi connectivity index (χ1) is 13.9. The highest BCUT2D eigenvalue weighted by Gasteiger charge is 2.07. The van der Waals surface area contributed by atoms with E-state index in [-0.39, 0.29) is 6.67 Å². The Kier molecular flexibility index (Phi) is 13.7. The van der Waals surface area contributed by atoms with Gasteiger partial charge in [0.05, 0.1) is 6.67 Å². The first kappa shape index (κ1) is 26.2. The molecule has 0 spiro atoms. The first-order valence-corrected chi connectivity index (χ1v) is 10.00. The van der Waals surface area contributed by atoms with Crippen LogP contribution < -0.4 is 5.32 Å². The molecule has 1 nitrogen and oxygen atoms in total. The van der Waals surface area contributed by atoms with Gasteiger partial charge in [-0.15, -0.1) is 12.8 Å². The fourth-order valence-corrected chi connectivity index (χ4v) is 2.80. The molecule has 0 saturated heterocycles. The number of hydrogen-bond acceptors (Lipinski definition) is 1. The number of rotatable bonds is 2. The van der Waals surface area contributed by atoms with Crippen molar-refractivity contribution >= 4 is 5.57 Å². The van der Waals surface area contributed by atoms with E-state index in [0.29, 0.717) is 6.04 Å². The highest BCUT2D eigenvalue weighted by molar-refractivity contribution is 5.75. The second-order valence-corrected chi connectivity index (χ2v) is 7.01. The summed E-state index contributed by atoms with van der Waals surface area (Å²) in [4.78, 5) is 0. The summed E-state index contributed by atoms with van der Waals surface area (Å²) in [6.07, 6.45) is 21.0. The molecule has 0 saturated carbocycles. The van der Waals surface area contributed by atoms with Crippen LogP contribution in [-0.2, 0) is 0 Å². The third-order valence-electron chi connectivity index (χ3n) is 4.24. The Balaban J connectivity index is 0.000000505. The van der Waals surface area contributed by atoms with Gasteiger partial charge < -0.3 is 5.32 Å². The van der Waals surface area contributed by atoms with Gasteiger partial charge in [-0.3, -0.25) is 4.39 Å². The molecule has 0 radical (unpaired) electrons. The molecule has 2 aliphatic rings. The summed E-state index contributed by atoms with van der Waals surface area (Å²) in [7, 11) is 0. The van der Waals surface area contributed by atoms with Gasteiger partial charge in [0, 0.05) is 11.7 Å². The Morgan fingerprint density at radius 1 is 1.21 bits per heavy atom. The summed E-state index contributed by atoms with van der Waals surface area (Å²) < 4.78 is 10.3. The summed E-state index contributed by atoms with van der Waals surface area (Å²) >= 11 is 0. The number of benzene rings is 1. The molecule has 0 fully saturated rings. The van der Waals surface area contributed by atoms with E-state index in [9.17, 15) is 4.39 Å². The maximum Gasteiger partial charge on any atom is 0.0866 e. The van der Waals surface area contributed by atoms with Crippen molar-refractivity contribution in [3.8, 4) is 12.8 Å². The van der Waals surface area contributed by atoms with Crippen molar-refractivity contribution in [2.75, 3.05) is 6.67 Å².